The fourth-order valence-electron chi connectivity index (χ4n) is 0.201. The first-order valence-corrected chi connectivity index (χ1v) is 3.62. The van der Waals surface area contributed by atoms with E-state index in [-0.39, 0.29) is 5.97 Å². The van der Waals surface area contributed by atoms with Crippen LogP contribution in [0.15, 0.2) is 25.3 Å². The zero-order valence-corrected chi connectivity index (χ0v) is 7.30. The Morgan fingerprint density at radius 3 is 2.00 bits per heavy atom. The Bertz CT molecular complexity index is 117. The summed E-state index contributed by atoms with van der Waals surface area (Å²) >= 11 is 0. The second-order valence-corrected chi connectivity index (χ2v) is 1.65. The Hall–Kier alpha value is -1.05. The summed E-state index contributed by atoms with van der Waals surface area (Å²) in [6.07, 6.45) is 4.10. The molecule has 0 amide bonds. The highest BCUT2D eigenvalue weighted by molar-refractivity contribution is 5.81. The first kappa shape index (κ1) is 12.6. The van der Waals surface area contributed by atoms with Crippen LogP contribution in [0.2, 0.25) is 0 Å². The molecule has 64 valence electrons. The molecule has 2 heteroatoms. The summed E-state index contributed by atoms with van der Waals surface area (Å²) < 4.78 is 4.43. The molecule has 0 saturated heterocycles. The van der Waals surface area contributed by atoms with Crippen molar-refractivity contribution in [2.24, 2.45) is 0 Å². The van der Waals surface area contributed by atoms with Gasteiger partial charge in [-0.15, -0.1) is 6.58 Å². The maximum Gasteiger partial charge on any atom is 0.330 e. The molecule has 0 aromatic carbocycles. The van der Waals surface area contributed by atoms with Gasteiger partial charge in [0, 0.05) is 6.08 Å². The van der Waals surface area contributed by atoms with Crippen molar-refractivity contribution in [1.29, 1.82) is 0 Å². The van der Waals surface area contributed by atoms with E-state index < -0.39 is 0 Å². The highest BCUT2D eigenvalue weighted by atomic mass is 16.5. The third kappa shape index (κ3) is 17.6. The Kier molecular flexibility index (Phi) is 13.4. The average Bonchev–Trinajstić information content (AvgIpc) is 2.05. The molecule has 0 rings (SSSR count). The van der Waals surface area contributed by atoms with E-state index in [0.717, 1.165) is 12.5 Å². The van der Waals surface area contributed by atoms with Gasteiger partial charge in [-0.25, -0.2) is 4.79 Å². The highest BCUT2D eigenvalue weighted by Gasteiger charge is 1.86. The number of rotatable bonds is 3. The normalized spacial score (nSPS) is 7.09. The van der Waals surface area contributed by atoms with Gasteiger partial charge in [-0.3, -0.25) is 0 Å². The van der Waals surface area contributed by atoms with Crippen molar-refractivity contribution in [3.63, 3.8) is 0 Å². The van der Waals surface area contributed by atoms with Crippen LogP contribution >= 0.6 is 0 Å². The fourth-order valence-corrected chi connectivity index (χ4v) is 0.201. The lowest BCUT2D eigenvalue weighted by Crippen LogP contribution is -1.97. The molecule has 0 aliphatic heterocycles. The van der Waals surface area contributed by atoms with Gasteiger partial charge in [-0.1, -0.05) is 19.6 Å². The van der Waals surface area contributed by atoms with Crippen molar-refractivity contribution in [3.05, 3.63) is 25.3 Å². The number of allylic oxidation sites excluding steroid dienone is 1. The molecule has 0 aromatic rings. The van der Waals surface area contributed by atoms with Crippen molar-refractivity contribution >= 4 is 5.97 Å². The van der Waals surface area contributed by atoms with E-state index in [2.05, 4.69) is 24.8 Å². The second-order valence-electron chi connectivity index (χ2n) is 1.65. The summed E-state index contributed by atoms with van der Waals surface area (Å²) in [5.74, 6) is -0.359. The first-order chi connectivity index (χ1) is 5.22. The van der Waals surface area contributed by atoms with Gasteiger partial charge in [-0.05, 0) is 13.3 Å². The summed E-state index contributed by atoms with van der Waals surface area (Å²) in [4.78, 5) is 10.1. The zero-order chi connectivity index (χ0) is 9.11. The van der Waals surface area contributed by atoms with Crippen LogP contribution in [-0.2, 0) is 9.53 Å². The maximum absolute atomic E-state index is 10.1. The molecular weight excluding hydrogens is 140 g/mol. The van der Waals surface area contributed by atoms with Gasteiger partial charge in [0.2, 0.25) is 0 Å². The Labute approximate surface area is 68.6 Å². The first-order valence-electron chi connectivity index (χ1n) is 3.62. The predicted octanol–water partition coefficient (Wildman–Crippen LogP) is 2.32. The van der Waals surface area contributed by atoms with Crippen molar-refractivity contribution < 1.29 is 9.53 Å². The van der Waals surface area contributed by atoms with E-state index in [1.165, 1.54) is 0 Å². The fraction of sp³-hybridized carbons (Fsp3) is 0.444. The van der Waals surface area contributed by atoms with Crippen molar-refractivity contribution in [2.45, 2.75) is 20.3 Å². The molecule has 11 heavy (non-hydrogen) atoms. The van der Waals surface area contributed by atoms with Crippen LogP contribution in [0, 0.1) is 0 Å². The molecule has 0 aliphatic carbocycles. The van der Waals surface area contributed by atoms with Crippen LogP contribution in [0.5, 0.6) is 0 Å². The minimum atomic E-state index is -0.359. The minimum absolute atomic E-state index is 0.359. The summed E-state index contributed by atoms with van der Waals surface area (Å²) in [5.41, 5.74) is 0. The second kappa shape index (κ2) is 11.7. The summed E-state index contributed by atoms with van der Waals surface area (Å²) in [7, 11) is 0. The van der Waals surface area contributed by atoms with Crippen LogP contribution in [0.25, 0.3) is 0 Å². The predicted molar refractivity (Wildman–Crippen MR) is 47.3 cm³/mol. The molecule has 0 fully saturated rings. The van der Waals surface area contributed by atoms with Crippen LogP contribution in [-0.4, -0.2) is 12.6 Å². The molecule has 0 heterocycles. The lowest BCUT2D eigenvalue weighted by molar-refractivity contribution is -0.137. The number of carbonyl (C=O) groups excluding carboxylic acids is 1. The van der Waals surface area contributed by atoms with Crippen LogP contribution in [0.1, 0.15) is 20.3 Å². The van der Waals surface area contributed by atoms with Crippen molar-refractivity contribution in [1.82, 2.24) is 0 Å². The molecular formula is C9H16O2. The van der Waals surface area contributed by atoms with Gasteiger partial charge < -0.3 is 4.74 Å². The molecule has 0 aromatic heterocycles. The third-order valence-electron chi connectivity index (χ3n) is 0.742. The number of hydrogen-bond donors (Lipinski definition) is 0. The molecule has 0 atom stereocenters. The zero-order valence-electron chi connectivity index (χ0n) is 7.30. The van der Waals surface area contributed by atoms with Crippen molar-refractivity contribution in [2.75, 3.05) is 6.61 Å². The standard InChI is InChI=1S/C5H8O2.C4H8/c1-3-5(6)7-4-2;1-3-4-2/h3H,1,4H2,2H3;3H,1,4H2,2H3. The van der Waals surface area contributed by atoms with Crippen LogP contribution in [0.3, 0.4) is 0 Å². The number of ether oxygens (including phenoxy) is 1. The molecule has 0 saturated carbocycles. The molecule has 0 N–H and O–H groups in total. The van der Waals surface area contributed by atoms with E-state index in [1.807, 2.05) is 6.08 Å². The van der Waals surface area contributed by atoms with E-state index in [0.29, 0.717) is 6.61 Å². The molecule has 2 nitrogen and oxygen atoms in total. The molecule has 0 unspecified atom stereocenters. The Morgan fingerprint density at radius 2 is 1.91 bits per heavy atom. The monoisotopic (exact) mass is 156 g/mol. The topological polar surface area (TPSA) is 26.3 Å². The smallest absolute Gasteiger partial charge is 0.330 e. The SMILES string of the molecule is C=CC(=O)OCC.C=CCC. The molecule has 0 spiro atoms. The minimum Gasteiger partial charge on any atom is -0.463 e. The Morgan fingerprint density at radius 1 is 1.45 bits per heavy atom. The Balaban J connectivity index is 0. The van der Waals surface area contributed by atoms with Gasteiger partial charge >= 0.3 is 5.97 Å². The average molecular weight is 156 g/mol. The molecule has 0 aliphatic rings. The van der Waals surface area contributed by atoms with Gasteiger partial charge in [0.25, 0.3) is 0 Å². The number of esters is 1. The highest BCUT2D eigenvalue weighted by Crippen LogP contribution is 1.74. The molecule has 0 bridgehead atoms. The number of hydrogen-bond acceptors (Lipinski definition) is 2. The lowest BCUT2D eigenvalue weighted by atomic mass is 10.5. The maximum atomic E-state index is 10.1. The third-order valence-corrected chi connectivity index (χ3v) is 0.742. The van der Waals surface area contributed by atoms with E-state index in [4.69, 9.17) is 0 Å². The van der Waals surface area contributed by atoms with Gasteiger partial charge in [0.1, 0.15) is 0 Å². The van der Waals surface area contributed by atoms with Crippen molar-refractivity contribution in [3.8, 4) is 0 Å². The molecule has 0 radical (unpaired) electrons. The largest absolute Gasteiger partial charge is 0.463 e. The van der Waals surface area contributed by atoms with Crippen LogP contribution < -0.4 is 0 Å². The lowest BCUT2D eigenvalue weighted by Gasteiger charge is -1.90. The van der Waals surface area contributed by atoms with E-state index >= 15 is 0 Å². The van der Waals surface area contributed by atoms with Gasteiger partial charge in [-0.2, -0.15) is 0 Å². The van der Waals surface area contributed by atoms with Gasteiger partial charge in [0.05, 0.1) is 6.61 Å². The quantitative estimate of drug-likeness (QED) is 0.356. The van der Waals surface area contributed by atoms with Crippen LogP contribution in [0.4, 0.5) is 0 Å². The van der Waals surface area contributed by atoms with E-state index in [1.54, 1.807) is 6.92 Å². The summed E-state index contributed by atoms with van der Waals surface area (Å²) in [6, 6.07) is 0. The summed E-state index contributed by atoms with van der Waals surface area (Å²) in [5, 5.41) is 0. The van der Waals surface area contributed by atoms with Gasteiger partial charge in [0.15, 0.2) is 0 Å². The number of carbonyl (C=O) groups is 1. The van der Waals surface area contributed by atoms with E-state index in [9.17, 15) is 4.79 Å². The summed E-state index contributed by atoms with van der Waals surface area (Å²) in [6.45, 7) is 10.9.